The Morgan fingerprint density at radius 1 is 1.03 bits per heavy atom. The molecule has 3 N–H and O–H groups in total. The number of halogens is 4. The summed E-state index contributed by atoms with van der Waals surface area (Å²) in [5, 5.41) is 14.4. The summed E-state index contributed by atoms with van der Waals surface area (Å²) in [4.78, 5) is 19.2. The van der Waals surface area contributed by atoms with Gasteiger partial charge in [0.1, 0.15) is 23.9 Å². The molecule has 0 aliphatic rings. The van der Waals surface area contributed by atoms with Crippen LogP contribution in [-0.2, 0) is 11.3 Å². The lowest BCUT2D eigenvalue weighted by Gasteiger charge is -2.12. The zero-order valence-electron chi connectivity index (χ0n) is 15.8. The molecular weight excluding hydrogens is 420 g/mol. The van der Waals surface area contributed by atoms with Gasteiger partial charge in [-0.25, -0.2) is 9.37 Å². The summed E-state index contributed by atoms with van der Waals surface area (Å²) in [5.41, 5.74) is 1.28. The van der Waals surface area contributed by atoms with Gasteiger partial charge in [-0.15, -0.1) is 13.2 Å². The Morgan fingerprint density at radius 2 is 1.77 bits per heavy atom. The van der Waals surface area contributed by atoms with Gasteiger partial charge >= 0.3 is 12.3 Å². The third-order valence-corrected chi connectivity index (χ3v) is 3.87. The number of carbonyl (C=O) groups is 1. The molecule has 0 saturated carbocycles. The number of ether oxygens (including phenoxy) is 1. The van der Waals surface area contributed by atoms with E-state index in [9.17, 15) is 22.4 Å². The number of alkyl halides is 3. The molecule has 0 saturated heterocycles. The molecule has 0 spiro atoms. The number of carboxylic acids is 1. The maximum absolute atomic E-state index is 13.1. The van der Waals surface area contributed by atoms with Gasteiger partial charge < -0.3 is 20.5 Å². The Balaban J connectivity index is 1.88. The number of rotatable bonds is 8. The summed E-state index contributed by atoms with van der Waals surface area (Å²) in [6, 6.07) is 12.4. The highest BCUT2D eigenvalue weighted by atomic mass is 19.4. The third-order valence-electron chi connectivity index (χ3n) is 3.87. The van der Waals surface area contributed by atoms with E-state index in [0.29, 0.717) is 5.56 Å². The van der Waals surface area contributed by atoms with Crippen LogP contribution < -0.4 is 15.4 Å². The highest BCUT2D eigenvalue weighted by molar-refractivity contribution is 5.72. The molecule has 0 radical (unpaired) electrons. The Morgan fingerprint density at radius 3 is 2.45 bits per heavy atom. The van der Waals surface area contributed by atoms with Crippen LogP contribution in [0.25, 0.3) is 11.3 Å². The van der Waals surface area contributed by atoms with E-state index in [1.165, 1.54) is 30.3 Å². The van der Waals surface area contributed by atoms with E-state index in [1.54, 1.807) is 12.1 Å². The molecule has 0 amide bonds. The van der Waals surface area contributed by atoms with E-state index in [-0.39, 0.29) is 29.8 Å². The van der Waals surface area contributed by atoms with Gasteiger partial charge in [0.25, 0.3) is 0 Å². The maximum atomic E-state index is 13.1. The van der Waals surface area contributed by atoms with Crippen LogP contribution in [0.5, 0.6) is 5.75 Å². The minimum Gasteiger partial charge on any atom is -0.480 e. The van der Waals surface area contributed by atoms with E-state index in [1.807, 2.05) is 0 Å². The normalized spacial score (nSPS) is 11.1. The van der Waals surface area contributed by atoms with E-state index in [2.05, 4.69) is 25.3 Å². The standard InChI is InChI=1S/C20H16F4N4O3/c21-14-6-4-12(5-7-14)10-25-17-9-16(27-19(28-17)26-11-18(29)30)13-2-1-3-15(8-13)31-20(22,23)24/h1-9H,10-11H2,(H,29,30)(H2,25,26,27,28). The highest BCUT2D eigenvalue weighted by Crippen LogP contribution is 2.28. The van der Waals surface area contributed by atoms with Gasteiger partial charge in [0.15, 0.2) is 0 Å². The first kappa shape index (κ1) is 21.8. The summed E-state index contributed by atoms with van der Waals surface area (Å²) < 4.78 is 54.5. The zero-order valence-corrected chi connectivity index (χ0v) is 15.8. The van der Waals surface area contributed by atoms with E-state index < -0.39 is 24.6 Å². The Labute approximate surface area is 173 Å². The number of nitrogens with zero attached hydrogens (tertiary/aromatic N) is 2. The van der Waals surface area contributed by atoms with Crippen LogP contribution in [-0.4, -0.2) is 34.0 Å². The van der Waals surface area contributed by atoms with Gasteiger partial charge in [0.2, 0.25) is 5.95 Å². The molecule has 0 fully saturated rings. The quantitative estimate of drug-likeness (QED) is 0.454. The monoisotopic (exact) mass is 436 g/mol. The first-order valence-electron chi connectivity index (χ1n) is 8.87. The SMILES string of the molecule is O=C(O)CNc1nc(NCc2ccc(F)cc2)cc(-c2cccc(OC(F)(F)F)c2)n1. The fourth-order valence-electron chi connectivity index (χ4n) is 2.57. The molecule has 0 unspecified atom stereocenters. The minimum atomic E-state index is -4.85. The average molecular weight is 436 g/mol. The molecule has 0 aliphatic carbocycles. The van der Waals surface area contributed by atoms with Crippen LogP contribution in [0, 0.1) is 5.82 Å². The molecule has 31 heavy (non-hydrogen) atoms. The molecule has 3 rings (SSSR count). The second kappa shape index (κ2) is 9.28. The number of hydrogen-bond acceptors (Lipinski definition) is 6. The summed E-state index contributed by atoms with van der Waals surface area (Å²) in [6.45, 7) is -0.190. The van der Waals surface area contributed by atoms with Crippen molar-refractivity contribution in [1.82, 2.24) is 9.97 Å². The van der Waals surface area contributed by atoms with Gasteiger partial charge in [-0.1, -0.05) is 24.3 Å². The molecule has 0 aliphatic heterocycles. The molecule has 1 aromatic heterocycles. The fraction of sp³-hybridized carbons (Fsp3) is 0.150. The smallest absolute Gasteiger partial charge is 0.480 e. The molecule has 3 aromatic rings. The number of aliphatic carboxylic acids is 1. The van der Waals surface area contributed by atoms with Crippen LogP contribution in [0.1, 0.15) is 5.56 Å². The lowest BCUT2D eigenvalue weighted by molar-refractivity contribution is -0.274. The Bertz CT molecular complexity index is 1060. The van der Waals surface area contributed by atoms with Crippen molar-refractivity contribution in [3.05, 3.63) is 66.0 Å². The van der Waals surface area contributed by atoms with Gasteiger partial charge in [0.05, 0.1) is 5.69 Å². The van der Waals surface area contributed by atoms with Crippen molar-refractivity contribution in [2.75, 3.05) is 17.2 Å². The van der Waals surface area contributed by atoms with Crippen molar-refractivity contribution in [2.45, 2.75) is 12.9 Å². The average Bonchev–Trinajstić information content (AvgIpc) is 2.71. The van der Waals surface area contributed by atoms with E-state index in [0.717, 1.165) is 17.7 Å². The van der Waals surface area contributed by atoms with Crippen molar-refractivity contribution in [1.29, 1.82) is 0 Å². The second-order valence-corrected chi connectivity index (χ2v) is 6.26. The molecular formula is C20H16F4N4O3. The van der Waals surface area contributed by atoms with Crippen LogP contribution >= 0.6 is 0 Å². The van der Waals surface area contributed by atoms with Crippen molar-refractivity contribution in [2.24, 2.45) is 0 Å². The summed E-state index contributed by atoms with van der Waals surface area (Å²) in [6.07, 6.45) is -4.85. The first-order valence-corrected chi connectivity index (χ1v) is 8.87. The predicted octanol–water partition coefficient (Wildman–Crippen LogP) is 4.29. The number of benzene rings is 2. The molecule has 11 heteroatoms. The number of nitrogens with one attached hydrogen (secondary N) is 2. The molecule has 0 bridgehead atoms. The van der Waals surface area contributed by atoms with Crippen molar-refractivity contribution in [3.8, 4) is 17.0 Å². The summed E-state index contributed by atoms with van der Waals surface area (Å²) in [5.74, 6) is -1.71. The fourth-order valence-corrected chi connectivity index (χ4v) is 2.57. The topological polar surface area (TPSA) is 96.4 Å². The molecule has 7 nitrogen and oxygen atoms in total. The summed E-state index contributed by atoms with van der Waals surface area (Å²) >= 11 is 0. The van der Waals surface area contributed by atoms with E-state index in [4.69, 9.17) is 5.11 Å². The van der Waals surface area contributed by atoms with Crippen molar-refractivity contribution < 1.29 is 32.2 Å². The summed E-state index contributed by atoms with van der Waals surface area (Å²) in [7, 11) is 0. The third kappa shape index (κ3) is 6.84. The predicted molar refractivity (Wildman–Crippen MR) is 104 cm³/mol. The van der Waals surface area contributed by atoms with Crippen LogP contribution in [0.15, 0.2) is 54.6 Å². The van der Waals surface area contributed by atoms with Gasteiger partial charge in [-0.05, 0) is 29.8 Å². The molecule has 1 heterocycles. The Kier molecular flexibility index (Phi) is 6.53. The lowest BCUT2D eigenvalue weighted by atomic mass is 10.1. The van der Waals surface area contributed by atoms with Gasteiger partial charge in [-0.3, -0.25) is 4.79 Å². The van der Waals surface area contributed by atoms with E-state index >= 15 is 0 Å². The minimum absolute atomic E-state index is 0.0383. The second-order valence-electron chi connectivity index (χ2n) is 6.26. The highest BCUT2D eigenvalue weighted by Gasteiger charge is 2.31. The van der Waals surface area contributed by atoms with Crippen LogP contribution in [0.2, 0.25) is 0 Å². The first-order chi connectivity index (χ1) is 14.7. The molecule has 0 atom stereocenters. The number of hydrogen-bond donors (Lipinski definition) is 3. The zero-order chi connectivity index (χ0) is 22.4. The van der Waals surface area contributed by atoms with Crippen LogP contribution in [0.3, 0.4) is 0 Å². The largest absolute Gasteiger partial charge is 0.573 e. The Hall–Kier alpha value is -3.89. The number of anilines is 2. The van der Waals surface area contributed by atoms with Crippen molar-refractivity contribution >= 4 is 17.7 Å². The number of carboxylic acid groups (broad SMARTS) is 1. The van der Waals surface area contributed by atoms with Gasteiger partial charge in [0, 0.05) is 18.2 Å². The number of aromatic nitrogens is 2. The lowest BCUT2D eigenvalue weighted by Crippen LogP contribution is -2.17. The molecule has 2 aromatic carbocycles. The van der Waals surface area contributed by atoms with Gasteiger partial charge in [-0.2, -0.15) is 4.98 Å². The van der Waals surface area contributed by atoms with Crippen molar-refractivity contribution in [3.63, 3.8) is 0 Å². The maximum Gasteiger partial charge on any atom is 0.573 e. The molecule has 162 valence electrons. The van der Waals surface area contributed by atoms with Crippen LogP contribution in [0.4, 0.5) is 29.3 Å².